The molecule has 0 amide bonds. The number of rotatable bonds is 7. The van der Waals surface area contributed by atoms with E-state index >= 15 is 0 Å². The molecule has 0 fully saturated rings. The van der Waals surface area contributed by atoms with E-state index in [1.807, 2.05) is 6.20 Å². The third-order valence-electron chi connectivity index (χ3n) is 5.38. The van der Waals surface area contributed by atoms with Gasteiger partial charge in [0, 0.05) is 41.6 Å². The van der Waals surface area contributed by atoms with Crippen molar-refractivity contribution in [3.8, 4) is 17.1 Å². The summed E-state index contributed by atoms with van der Waals surface area (Å²) in [7, 11) is 1.39. The van der Waals surface area contributed by atoms with Gasteiger partial charge >= 0.3 is 0 Å². The molecule has 0 aliphatic carbocycles. The van der Waals surface area contributed by atoms with Crippen LogP contribution in [0.4, 0.5) is 13.2 Å². The molecular formula is C23H28F3N3O. The summed E-state index contributed by atoms with van der Waals surface area (Å²) in [5.41, 5.74) is -0.159. The highest BCUT2D eigenvalue weighted by atomic mass is 19.1. The third kappa shape index (κ3) is 4.71. The number of benzene rings is 1. The minimum Gasteiger partial charge on any atom is -0.481 e. The standard InChI is InChI=1S/C23H28F3N3O/c1-6-15-9-16(12-27-15)28-13(2)17-10-20(25)18(11-19(17)24)21-7-14(23(3,4)26)8-22(29-21)30-5/h7-8,10-13,15,27-28H,6,9H2,1-5H3. The number of nitrogens with one attached hydrogen (secondary N) is 2. The quantitative estimate of drug-likeness (QED) is 0.622. The van der Waals surface area contributed by atoms with E-state index in [2.05, 4.69) is 22.5 Å². The molecule has 1 aliphatic rings. The number of ether oxygens (including phenoxy) is 1. The molecular weight excluding hydrogens is 391 g/mol. The molecule has 2 heterocycles. The molecule has 1 aromatic heterocycles. The number of halogens is 3. The van der Waals surface area contributed by atoms with Crippen molar-refractivity contribution >= 4 is 0 Å². The molecule has 2 aromatic rings. The van der Waals surface area contributed by atoms with Crippen molar-refractivity contribution in [1.29, 1.82) is 0 Å². The SMILES string of the molecule is CCC1CC(NC(C)c2cc(F)c(-c3cc(C(C)(C)F)cc(OC)n3)cc2F)=CN1. The monoisotopic (exact) mass is 419 g/mol. The van der Waals surface area contributed by atoms with Gasteiger partial charge in [0.25, 0.3) is 0 Å². The lowest BCUT2D eigenvalue weighted by Crippen LogP contribution is -2.20. The van der Waals surface area contributed by atoms with Crippen molar-refractivity contribution < 1.29 is 17.9 Å². The maximum Gasteiger partial charge on any atom is 0.213 e. The average molecular weight is 419 g/mol. The molecule has 2 N–H and O–H groups in total. The molecule has 1 aliphatic heterocycles. The number of methoxy groups -OCH3 is 1. The van der Waals surface area contributed by atoms with Gasteiger partial charge in [0.1, 0.15) is 17.3 Å². The molecule has 0 saturated heterocycles. The number of aromatic nitrogens is 1. The molecule has 1 aromatic carbocycles. The van der Waals surface area contributed by atoms with Gasteiger partial charge in [-0.3, -0.25) is 0 Å². The second-order valence-electron chi connectivity index (χ2n) is 8.12. The van der Waals surface area contributed by atoms with Crippen molar-refractivity contribution in [2.75, 3.05) is 7.11 Å². The number of alkyl halides is 1. The molecule has 2 unspecified atom stereocenters. The van der Waals surface area contributed by atoms with Gasteiger partial charge in [0.2, 0.25) is 5.88 Å². The van der Waals surface area contributed by atoms with Crippen LogP contribution in [0.5, 0.6) is 5.88 Å². The molecule has 0 bridgehead atoms. The second-order valence-corrected chi connectivity index (χ2v) is 8.12. The van der Waals surface area contributed by atoms with Crippen LogP contribution in [0.3, 0.4) is 0 Å². The molecule has 3 rings (SSSR count). The van der Waals surface area contributed by atoms with Crippen LogP contribution >= 0.6 is 0 Å². The van der Waals surface area contributed by atoms with Gasteiger partial charge in [-0.15, -0.1) is 0 Å². The first-order chi connectivity index (χ1) is 14.1. The van der Waals surface area contributed by atoms with Crippen LogP contribution in [-0.4, -0.2) is 18.1 Å². The second kappa shape index (κ2) is 8.58. The first kappa shape index (κ1) is 22.0. The molecule has 162 valence electrons. The minimum atomic E-state index is -1.68. The van der Waals surface area contributed by atoms with Crippen molar-refractivity contribution in [1.82, 2.24) is 15.6 Å². The Balaban J connectivity index is 1.92. The van der Waals surface area contributed by atoms with E-state index in [0.29, 0.717) is 6.04 Å². The lowest BCUT2D eigenvalue weighted by atomic mass is 9.97. The van der Waals surface area contributed by atoms with Crippen molar-refractivity contribution in [3.05, 3.63) is 58.9 Å². The Kier molecular flexibility index (Phi) is 6.29. The highest BCUT2D eigenvalue weighted by molar-refractivity contribution is 5.63. The summed E-state index contributed by atoms with van der Waals surface area (Å²) in [6.45, 7) is 6.64. The van der Waals surface area contributed by atoms with Crippen molar-refractivity contribution in [2.45, 2.75) is 58.3 Å². The van der Waals surface area contributed by atoms with Gasteiger partial charge in [0.15, 0.2) is 0 Å². The van der Waals surface area contributed by atoms with E-state index in [1.165, 1.54) is 39.2 Å². The zero-order valence-corrected chi connectivity index (χ0v) is 17.9. The van der Waals surface area contributed by atoms with E-state index in [0.717, 1.165) is 24.6 Å². The Labute approximate surface area is 175 Å². The normalized spacial score (nSPS) is 17.3. The van der Waals surface area contributed by atoms with E-state index < -0.39 is 23.3 Å². The summed E-state index contributed by atoms with van der Waals surface area (Å²) < 4.78 is 49.5. The Morgan fingerprint density at radius 1 is 1.23 bits per heavy atom. The van der Waals surface area contributed by atoms with E-state index in [9.17, 15) is 13.2 Å². The number of hydrogen-bond donors (Lipinski definition) is 2. The van der Waals surface area contributed by atoms with Gasteiger partial charge in [-0.05, 0) is 51.0 Å². The molecule has 0 radical (unpaired) electrons. The highest BCUT2D eigenvalue weighted by Gasteiger charge is 2.24. The van der Waals surface area contributed by atoms with Crippen LogP contribution in [0.1, 0.15) is 57.7 Å². The van der Waals surface area contributed by atoms with Crippen LogP contribution in [0.25, 0.3) is 11.3 Å². The highest BCUT2D eigenvalue weighted by Crippen LogP contribution is 2.33. The maximum absolute atomic E-state index is 15.0. The van der Waals surface area contributed by atoms with Crippen LogP contribution in [0.2, 0.25) is 0 Å². The molecule has 30 heavy (non-hydrogen) atoms. The van der Waals surface area contributed by atoms with Gasteiger partial charge in [0.05, 0.1) is 18.8 Å². The number of hydrogen-bond acceptors (Lipinski definition) is 4. The summed E-state index contributed by atoms with van der Waals surface area (Å²) in [5, 5.41) is 6.50. The largest absolute Gasteiger partial charge is 0.481 e. The predicted octanol–water partition coefficient (Wildman–Crippen LogP) is 5.50. The average Bonchev–Trinajstić information content (AvgIpc) is 3.15. The van der Waals surface area contributed by atoms with E-state index in [-0.39, 0.29) is 28.3 Å². The van der Waals surface area contributed by atoms with Gasteiger partial charge in [-0.25, -0.2) is 18.2 Å². The first-order valence-electron chi connectivity index (χ1n) is 10.1. The lowest BCUT2D eigenvalue weighted by Gasteiger charge is -2.19. The smallest absolute Gasteiger partial charge is 0.213 e. The molecule has 7 heteroatoms. The fraction of sp³-hybridized carbons (Fsp3) is 0.435. The summed E-state index contributed by atoms with van der Waals surface area (Å²) in [6.07, 6.45) is 3.69. The summed E-state index contributed by atoms with van der Waals surface area (Å²) >= 11 is 0. The minimum absolute atomic E-state index is 0.0411. The summed E-state index contributed by atoms with van der Waals surface area (Å²) in [6, 6.07) is 5.08. The Bertz CT molecular complexity index is 953. The Hall–Kier alpha value is -2.70. The number of nitrogens with zero attached hydrogens (tertiary/aromatic N) is 1. The fourth-order valence-corrected chi connectivity index (χ4v) is 3.50. The lowest BCUT2D eigenvalue weighted by molar-refractivity contribution is 0.220. The molecule has 0 saturated carbocycles. The maximum atomic E-state index is 15.0. The summed E-state index contributed by atoms with van der Waals surface area (Å²) in [5.74, 6) is -1.05. The Morgan fingerprint density at radius 2 is 1.97 bits per heavy atom. The van der Waals surface area contributed by atoms with Crippen LogP contribution in [-0.2, 0) is 5.67 Å². The fourth-order valence-electron chi connectivity index (χ4n) is 3.50. The molecule has 0 spiro atoms. The van der Waals surface area contributed by atoms with Crippen molar-refractivity contribution in [3.63, 3.8) is 0 Å². The van der Waals surface area contributed by atoms with E-state index in [1.54, 1.807) is 6.92 Å². The summed E-state index contributed by atoms with van der Waals surface area (Å²) in [4.78, 5) is 4.18. The number of pyridine rings is 1. The van der Waals surface area contributed by atoms with Gasteiger partial charge < -0.3 is 15.4 Å². The van der Waals surface area contributed by atoms with Crippen LogP contribution in [0, 0.1) is 11.6 Å². The van der Waals surface area contributed by atoms with Crippen molar-refractivity contribution in [2.24, 2.45) is 0 Å². The van der Waals surface area contributed by atoms with E-state index in [4.69, 9.17) is 4.74 Å². The Morgan fingerprint density at radius 3 is 2.57 bits per heavy atom. The zero-order valence-electron chi connectivity index (χ0n) is 17.9. The van der Waals surface area contributed by atoms with Crippen LogP contribution < -0.4 is 15.4 Å². The predicted molar refractivity (Wildman–Crippen MR) is 112 cm³/mol. The third-order valence-corrected chi connectivity index (χ3v) is 5.38. The van der Waals surface area contributed by atoms with Crippen LogP contribution in [0.15, 0.2) is 36.2 Å². The first-order valence-corrected chi connectivity index (χ1v) is 10.1. The van der Waals surface area contributed by atoms with Gasteiger partial charge in [-0.2, -0.15) is 0 Å². The van der Waals surface area contributed by atoms with Gasteiger partial charge in [-0.1, -0.05) is 6.92 Å². The zero-order chi connectivity index (χ0) is 22.1. The molecule has 2 atom stereocenters. The molecule has 4 nitrogen and oxygen atoms in total. The topological polar surface area (TPSA) is 46.2 Å².